The molecule has 2 aromatic carbocycles. The molecule has 1 aliphatic carbocycles. The van der Waals surface area contributed by atoms with Crippen molar-refractivity contribution in [1.29, 1.82) is 5.26 Å². The van der Waals surface area contributed by atoms with Gasteiger partial charge in [0.15, 0.2) is 5.69 Å². The molecular weight excluding hydrogens is 352 g/mol. The number of carbonyl (C=O) groups excluding carboxylic acids is 1. The minimum atomic E-state index is -0.656. The number of nitrogens with zero attached hydrogens (tertiary/aromatic N) is 4. The second-order valence-corrected chi connectivity index (χ2v) is 6.25. The lowest BCUT2D eigenvalue weighted by molar-refractivity contribution is 0.102. The summed E-state index contributed by atoms with van der Waals surface area (Å²) in [5.74, 6) is -1.37. The third-order valence-corrected chi connectivity index (χ3v) is 4.30. The molecule has 1 N–H and O–H groups in total. The lowest BCUT2D eigenvalue weighted by Gasteiger charge is -2.08. The average Bonchev–Trinajstić information content (AvgIpc) is 3.42. The van der Waals surface area contributed by atoms with Crippen LogP contribution in [0.1, 0.15) is 40.5 Å². The van der Waals surface area contributed by atoms with Crippen LogP contribution in [0.25, 0.3) is 5.69 Å². The van der Waals surface area contributed by atoms with Crippen molar-refractivity contribution in [3.8, 4) is 11.8 Å². The van der Waals surface area contributed by atoms with Crippen LogP contribution in [0.2, 0.25) is 0 Å². The molecule has 0 saturated heterocycles. The van der Waals surface area contributed by atoms with Gasteiger partial charge >= 0.3 is 0 Å². The summed E-state index contributed by atoms with van der Waals surface area (Å²) in [6.07, 6.45) is 1.81. The quantitative estimate of drug-likeness (QED) is 0.766. The van der Waals surface area contributed by atoms with Crippen LogP contribution in [-0.4, -0.2) is 20.9 Å². The zero-order valence-electron chi connectivity index (χ0n) is 14.0. The fourth-order valence-electron chi connectivity index (χ4n) is 2.83. The fourth-order valence-corrected chi connectivity index (χ4v) is 2.83. The van der Waals surface area contributed by atoms with Crippen molar-refractivity contribution in [1.82, 2.24) is 15.0 Å². The van der Waals surface area contributed by atoms with E-state index in [1.807, 2.05) is 0 Å². The monoisotopic (exact) mass is 365 g/mol. The highest BCUT2D eigenvalue weighted by Crippen LogP contribution is 2.42. The van der Waals surface area contributed by atoms with Crippen molar-refractivity contribution < 1.29 is 13.6 Å². The molecule has 0 aliphatic heterocycles. The number of amides is 1. The van der Waals surface area contributed by atoms with E-state index in [4.69, 9.17) is 5.26 Å². The topological polar surface area (TPSA) is 83.6 Å². The first-order valence-electron chi connectivity index (χ1n) is 8.29. The highest BCUT2D eigenvalue weighted by Gasteiger charge is 2.34. The van der Waals surface area contributed by atoms with Crippen molar-refractivity contribution >= 4 is 11.6 Å². The largest absolute Gasteiger partial charge is 0.320 e. The zero-order valence-corrected chi connectivity index (χ0v) is 14.0. The van der Waals surface area contributed by atoms with Crippen LogP contribution in [0.15, 0.2) is 42.5 Å². The van der Waals surface area contributed by atoms with E-state index in [-0.39, 0.29) is 28.7 Å². The maximum atomic E-state index is 13.4. The van der Waals surface area contributed by atoms with Crippen molar-refractivity contribution in [2.24, 2.45) is 0 Å². The van der Waals surface area contributed by atoms with Crippen LogP contribution in [0.4, 0.5) is 14.5 Å². The van der Waals surface area contributed by atoms with E-state index in [1.165, 1.54) is 28.9 Å². The zero-order chi connectivity index (χ0) is 19.0. The Kier molecular flexibility index (Phi) is 4.12. The highest BCUT2D eigenvalue weighted by molar-refractivity contribution is 6.03. The molecule has 134 valence electrons. The number of aromatic nitrogens is 3. The molecule has 3 aromatic rings. The van der Waals surface area contributed by atoms with E-state index in [0.29, 0.717) is 11.4 Å². The van der Waals surface area contributed by atoms with Crippen LogP contribution < -0.4 is 5.32 Å². The van der Waals surface area contributed by atoms with Crippen molar-refractivity contribution in [2.45, 2.75) is 18.8 Å². The molecule has 1 amide bonds. The summed E-state index contributed by atoms with van der Waals surface area (Å²) in [5.41, 5.74) is 1.55. The summed E-state index contributed by atoms with van der Waals surface area (Å²) >= 11 is 0. The third-order valence-electron chi connectivity index (χ3n) is 4.30. The van der Waals surface area contributed by atoms with Crippen LogP contribution in [-0.2, 0) is 0 Å². The molecule has 0 unspecified atom stereocenters. The number of hydrogen-bond donors (Lipinski definition) is 1. The molecule has 1 aliphatic rings. The van der Waals surface area contributed by atoms with E-state index >= 15 is 0 Å². The number of halogens is 2. The van der Waals surface area contributed by atoms with Crippen molar-refractivity contribution in [3.05, 3.63) is 71.1 Å². The Bertz CT molecular complexity index is 1060. The summed E-state index contributed by atoms with van der Waals surface area (Å²) in [4.78, 5) is 12.7. The van der Waals surface area contributed by atoms with E-state index in [1.54, 1.807) is 18.2 Å². The molecule has 8 heteroatoms. The Hall–Kier alpha value is -3.60. The van der Waals surface area contributed by atoms with E-state index in [9.17, 15) is 13.6 Å². The molecule has 1 saturated carbocycles. The normalized spacial score (nSPS) is 13.2. The second kappa shape index (κ2) is 6.61. The number of anilines is 1. The molecule has 4 rings (SSSR count). The van der Waals surface area contributed by atoms with Gasteiger partial charge in [-0.25, -0.2) is 13.5 Å². The summed E-state index contributed by atoms with van der Waals surface area (Å²) in [7, 11) is 0. The predicted octanol–water partition coefficient (Wildman–Crippen LogP) is 3.55. The Morgan fingerprint density at radius 1 is 1.19 bits per heavy atom. The van der Waals surface area contributed by atoms with Gasteiger partial charge in [0.1, 0.15) is 17.7 Å². The Morgan fingerprint density at radius 3 is 2.59 bits per heavy atom. The van der Waals surface area contributed by atoms with Gasteiger partial charge in [-0.15, -0.1) is 5.10 Å². The molecule has 1 fully saturated rings. The Balaban J connectivity index is 1.67. The minimum Gasteiger partial charge on any atom is -0.320 e. The van der Waals surface area contributed by atoms with Crippen LogP contribution in [0, 0.1) is 23.0 Å². The predicted molar refractivity (Wildman–Crippen MR) is 92.4 cm³/mol. The van der Waals surface area contributed by atoms with Crippen LogP contribution >= 0.6 is 0 Å². The Morgan fingerprint density at radius 2 is 1.93 bits per heavy atom. The number of nitriles is 1. The van der Waals surface area contributed by atoms with Crippen LogP contribution in [0.5, 0.6) is 0 Å². The molecule has 0 radical (unpaired) electrons. The van der Waals surface area contributed by atoms with Gasteiger partial charge in [-0.1, -0.05) is 5.21 Å². The lowest BCUT2D eigenvalue weighted by atomic mass is 10.1. The van der Waals surface area contributed by atoms with Gasteiger partial charge < -0.3 is 5.32 Å². The molecule has 0 spiro atoms. The van der Waals surface area contributed by atoms with E-state index < -0.39 is 11.7 Å². The summed E-state index contributed by atoms with van der Waals surface area (Å²) in [5, 5.41) is 19.6. The number of hydrogen-bond acceptors (Lipinski definition) is 4. The minimum absolute atomic E-state index is 0.147. The molecular formula is C19H13F2N5O. The third kappa shape index (κ3) is 3.27. The summed E-state index contributed by atoms with van der Waals surface area (Å²) in [6.45, 7) is 0. The standard InChI is InChI=1S/C19H13F2N5O/c20-13-3-6-15(7-4-13)26-18(11-1-2-11)17(24-25-26)19(27)23-14-5-8-16(21)12(9-14)10-22/h3-9,11H,1-2H2,(H,23,27). The number of nitrogens with one attached hydrogen (secondary N) is 1. The first-order valence-corrected chi connectivity index (χ1v) is 8.29. The van der Waals surface area contributed by atoms with Gasteiger partial charge in [0.2, 0.25) is 0 Å². The first-order chi connectivity index (χ1) is 13.1. The van der Waals surface area contributed by atoms with Crippen LogP contribution in [0.3, 0.4) is 0 Å². The number of rotatable bonds is 4. The van der Waals surface area contributed by atoms with E-state index in [2.05, 4.69) is 15.6 Å². The van der Waals surface area contributed by atoms with Gasteiger partial charge in [-0.3, -0.25) is 4.79 Å². The maximum Gasteiger partial charge on any atom is 0.278 e. The second-order valence-electron chi connectivity index (χ2n) is 6.25. The highest BCUT2D eigenvalue weighted by atomic mass is 19.1. The summed E-state index contributed by atoms with van der Waals surface area (Å²) < 4.78 is 28.2. The maximum absolute atomic E-state index is 13.4. The van der Waals surface area contributed by atoms with E-state index in [0.717, 1.165) is 18.9 Å². The Labute approximate surface area is 153 Å². The molecule has 6 nitrogen and oxygen atoms in total. The van der Waals surface area contributed by atoms with Crippen molar-refractivity contribution in [2.75, 3.05) is 5.32 Å². The molecule has 1 aromatic heterocycles. The lowest BCUT2D eigenvalue weighted by Crippen LogP contribution is -2.15. The van der Waals surface area contributed by atoms with Gasteiger partial charge in [0, 0.05) is 11.6 Å². The van der Waals surface area contributed by atoms with Gasteiger partial charge in [-0.05, 0) is 55.3 Å². The molecule has 27 heavy (non-hydrogen) atoms. The SMILES string of the molecule is N#Cc1cc(NC(=O)c2nnn(-c3ccc(F)cc3)c2C2CC2)ccc1F. The van der Waals surface area contributed by atoms with Crippen molar-refractivity contribution in [3.63, 3.8) is 0 Å². The fraction of sp³-hybridized carbons (Fsp3) is 0.158. The molecule has 1 heterocycles. The summed E-state index contributed by atoms with van der Waals surface area (Å²) in [6, 6.07) is 11.2. The number of carbonyl (C=O) groups is 1. The first kappa shape index (κ1) is 16.8. The average molecular weight is 365 g/mol. The smallest absolute Gasteiger partial charge is 0.278 e. The number of benzene rings is 2. The van der Waals surface area contributed by atoms with Gasteiger partial charge in [0.25, 0.3) is 5.91 Å². The molecule has 0 atom stereocenters. The molecule has 0 bridgehead atoms. The van der Waals surface area contributed by atoms with Gasteiger partial charge in [-0.2, -0.15) is 5.26 Å². The van der Waals surface area contributed by atoms with Gasteiger partial charge in [0.05, 0.1) is 16.9 Å².